The highest BCUT2D eigenvalue weighted by molar-refractivity contribution is 5.91. The molecule has 1 unspecified atom stereocenters. The number of rotatable bonds is 1. The second-order valence-corrected chi connectivity index (χ2v) is 1.54. The standard InChI is InChI=1S/C4H2F2O4/c5-2(6)1-3(7)10-4(8)9-1/h1-2H. The van der Waals surface area contributed by atoms with Crippen molar-refractivity contribution in [2.45, 2.75) is 12.5 Å². The van der Waals surface area contributed by atoms with Crippen LogP contribution in [-0.4, -0.2) is 24.7 Å². The van der Waals surface area contributed by atoms with Crippen molar-refractivity contribution in [2.75, 3.05) is 0 Å². The molecule has 1 aliphatic rings. The first-order valence-corrected chi connectivity index (χ1v) is 2.31. The van der Waals surface area contributed by atoms with Gasteiger partial charge in [0.25, 0.3) is 12.5 Å². The van der Waals surface area contributed by atoms with Gasteiger partial charge in [0.15, 0.2) is 0 Å². The minimum atomic E-state index is -3.01. The fraction of sp³-hybridized carbons (Fsp3) is 0.500. The third-order valence-corrected chi connectivity index (χ3v) is 0.868. The van der Waals surface area contributed by atoms with Crippen LogP contribution in [0.15, 0.2) is 0 Å². The Balaban J connectivity index is 2.63. The Morgan fingerprint density at radius 3 is 2.20 bits per heavy atom. The van der Waals surface area contributed by atoms with E-state index in [1.54, 1.807) is 0 Å². The van der Waals surface area contributed by atoms with Crippen molar-refractivity contribution >= 4 is 12.1 Å². The molecule has 0 spiro atoms. The lowest BCUT2D eigenvalue weighted by Gasteiger charge is -1.99. The molecule has 1 heterocycles. The smallest absolute Gasteiger partial charge is 0.412 e. The van der Waals surface area contributed by atoms with Gasteiger partial charge in [-0.25, -0.2) is 18.4 Å². The summed E-state index contributed by atoms with van der Waals surface area (Å²) in [5.74, 6) is -1.33. The van der Waals surface area contributed by atoms with Gasteiger partial charge in [-0.2, -0.15) is 0 Å². The van der Waals surface area contributed by atoms with Crippen LogP contribution in [0.3, 0.4) is 0 Å². The summed E-state index contributed by atoms with van der Waals surface area (Å²) in [5, 5.41) is 0. The highest BCUT2D eigenvalue weighted by Gasteiger charge is 2.42. The fourth-order valence-electron chi connectivity index (χ4n) is 0.470. The average Bonchev–Trinajstić information content (AvgIpc) is 2.10. The number of hydrogen-bond acceptors (Lipinski definition) is 4. The number of esters is 1. The van der Waals surface area contributed by atoms with E-state index in [9.17, 15) is 18.4 Å². The summed E-state index contributed by atoms with van der Waals surface area (Å²) in [6.07, 6.45) is -6.42. The summed E-state index contributed by atoms with van der Waals surface area (Å²) in [4.78, 5) is 20.1. The first-order valence-electron chi connectivity index (χ1n) is 2.31. The molecule has 1 saturated heterocycles. The van der Waals surface area contributed by atoms with E-state index in [4.69, 9.17) is 0 Å². The molecule has 0 aromatic rings. The molecule has 0 bridgehead atoms. The molecule has 0 saturated carbocycles. The Bertz CT molecular complexity index is 178. The molecule has 10 heavy (non-hydrogen) atoms. The van der Waals surface area contributed by atoms with E-state index in [0.29, 0.717) is 0 Å². The van der Waals surface area contributed by atoms with Gasteiger partial charge in [0, 0.05) is 0 Å². The predicted octanol–water partition coefficient (Wildman–Crippen LogP) is 0.314. The molecule has 0 amide bonds. The number of carbonyl (C=O) groups excluding carboxylic acids is 2. The third kappa shape index (κ3) is 1.04. The van der Waals surface area contributed by atoms with Gasteiger partial charge < -0.3 is 9.47 Å². The predicted molar refractivity (Wildman–Crippen MR) is 22.4 cm³/mol. The summed E-state index contributed by atoms with van der Waals surface area (Å²) < 4.78 is 30.6. The molecular weight excluding hydrogens is 150 g/mol. The van der Waals surface area contributed by atoms with E-state index < -0.39 is 24.7 Å². The second kappa shape index (κ2) is 2.20. The van der Waals surface area contributed by atoms with Crippen molar-refractivity contribution in [1.82, 2.24) is 0 Å². The molecule has 6 heteroatoms. The van der Waals surface area contributed by atoms with Crippen LogP contribution in [0, 0.1) is 0 Å². The molecule has 56 valence electrons. The summed E-state index contributed by atoms with van der Waals surface area (Å²) >= 11 is 0. The van der Waals surface area contributed by atoms with E-state index >= 15 is 0 Å². The monoisotopic (exact) mass is 152 g/mol. The maximum atomic E-state index is 11.6. The van der Waals surface area contributed by atoms with Gasteiger partial charge in [-0.15, -0.1) is 0 Å². The zero-order chi connectivity index (χ0) is 7.72. The van der Waals surface area contributed by atoms with Crippen molar-refractivity contribution in [2.24, 2.45) is 0 Å². The van der Waals surface area contributed by atoms with Crippen LogP contribution in [0.25, 0.3) is 0 Å². The topological polar surface area (TPSA) is 52.6 Å². The Labute approximate surface area is 53.7 Å². The van der Waals surface area contributed by atoms with E-state index in [1.165, 1.54) is 0 Å². The Morgan fingerprint density at radius 1 is 1.40 bits per heavy atom. The van der Waals surface area contributed by atoms with Crippen molar-refractivity contribution in [1.29, 1.82) is 0 Å². The largest absolute Gasteiger partial charge is 0.517 e. The van der Waals surface area contributed by atoms with Crippen LogP contribution in [0.1, 0.15) is 0 Å². The molecule has 0 aromatic heterocycles. The zero-order valence-corrected chi connectivity index (χ0v) is 4.54. The molecule has 1 rings (SSSR count). The zero-order valence-electron chi connectivity index (χ0n) is 4.54. The number of carbonyl (C=O) groups is 2. The lowest BCUT2D eigenvalue weighted by atomic mass is 10.4. The summed E-state index contributed by atoms with van der Waals surface area (Å²) in [7, 11) is 0. The maximum absolute atomic E-state index is 11.6. The maximum Gasteiger partial charge on any atom is 0.517 e. The minimum absolute atomic E-state index is 1.33. The van der Waals surface area contributed by atoms with Crippen LogP contribution in [-0.2, 0) is 14.3 Å². The number of cyclic esters (lactones) is 3. The van der Waals surface area contributed by atoms with Gasteiger partial charge in [-0.1, -0.05) is 0 Å². The molecule has 0 N–H and O–H groups in total. The van der Waals surface area contributed by atoms with Crippen LogP contribution in [0.5, 0.6) is 0 Å². The molecule has 4 nitrogen and oxygen atoms in total. The minimum Gasteiger partial charge on any atom is -0.412 e. The molecular formula is C4H2F2O4. The number of halogens is 2. The number of hydrogen-bond donors (Lipinski definition) is 0. The van der Waals surface area contributed by atoms with Crippen molar-refractivity contribution in [3.8, 4) is 0 Å². The molecule has 0 aliphatic carbocycles. The molecule has 0 aromatic carbocycles. The van der Waals surface area contributed by atoms with Crippen LogP contribution in [0.2, 0.25) is 0 Å². The van der Waals surface area contributed by atoms with Gasteiger partial charge >= 0.3 is 12.1 Å². The third-order valence-electron chi connectivity index (χ3n) is 0.868. The lowest BCUT2D eigenvalue weighted by Crippen LogP contribution is -2.24. The van der Waals surface area contributed by atoms with Crippen molar-refractivity contribution in [3.63, 3.8) is 0 Å². The van der Waals surface area contributed by atoms with Crippen LogP contribution < -0.4 is 0 Å². The van der Waals surface area contributed by atoms with Gasteiger partial charge in [0.1, 0.15) is 0 Å². The van der Waals surface area contributed by atoms with Crippen LogP contribution >= 0.6 is 0 Å². The molecule has 1 fully saturated rings. The van der Waals surface area contributed by atoms with Gasteiger partial charge in [-0.3, -0.25) is 0 Å². The Kier molecular flexibility index (Phi) is 1.52. The normalized spacial score (nSPS) is 24.9. The van der Waals surface area contributed by atoms with Gasteiger partial charge in [0.2, 0.25) is 0 Å². The summed E-state index contributed by atoms with van der Waals surface area (Å²) in [6, 6.07) is 0. The number of alkyl halides is 2. The highest BCUT2D eigenvalue weighted by atomic mass is 19.3. The lowest BCUT2D eigenvalue weighted by molar-refractivity contribution is -0.141. The summed E-state index contributed by atoms with van der Waals surface area (Å²) in [6.45, 7) is 0. The quantitative estimate of drug-likeness (QED) is 0.401. The Morgan fingerprint density at radius 2 is 2.00 bits per heavy atom. The van der Waals surface area contributed by atoms with Gasteiger partial charge in [0.05, 0.1) is 0 Å². The Hall–Kier alpha value is -1.20. The molecule has 0 radical (unpaired) electrons. The van der Waals surface area contributed by atoms with E-state index in [1.807, 2.05) is 0 Å². The van der Waals surface area contributed by atoms with Crippen LogP contribution in [0.4, 0.5) is 13.6 Å². The van der Waals surface area contributed by atoms with Crippen molar-refractivity contribution in [3.05, 3.63) is 0 Å². The van der Waals surface area contributed by atoms with E-state index in [-0.39, 0.29) is 0 Å². The van der Waals surface area contributed by atoms with Gasteiger partial charge in [-0.05, 0) is 0 Å². The SMILES string of the molecule is O=C1OC(=O)C(C(F)F)O1. The van der Waals surface area contributed by atoms with Crippen molar-refractivity contribution < 1.29 is 27.8 Å². The second-order valence-electron chi connectivity index (χ2n) is 1.54. The first kappa shape index (κ1) is 6.91. The average molecular weight is 152 g/mol. The highest BCUT2D eigenvalue weighted by Crippen LogP contribution is 2.14. The van der Waals surface area contributed by atoms with E-state index in [0.717, 1.165) is 0 Å². The summed E-state index contributed by atoms with van der Waals surface area (Å²) in [5.41, 5.74) is 0. The fourth-order valence-corrected chi connectivity index (χ4v) is 0.470. The molecule has 1 aliphatic heterocycles. The first-order chi connectivity index (χ1) is 4.61. The number of ether oxygens (including phenoxy) is 2. The molecule has 1 atom stereocenters. The van der Waals surface area contributed by atoms with E-state index in [2.05, 4.69) is 9.47 Å².